The molecule has 0 radical (unpaired) electrons. The summed E-state index contributed by atoms with van der Waals surface area (Å²) in [6.07, 6.45) is 3.05. The van der Waals surface area contributed by atoms with Crippen molar-refractivity contribution in [3.63, 3.8) is 0 Å². The summed E-state index contributed by atoms with van der Waals surface area (Å²) in [5, 5.41) is 0. The average Bonchev–Trinajstić information content (AvgIpc) is 2.90. The Morgan fingerprint density at radius 2 is 2.21 bits per heavy atom. The predicted octanol–water partition coefficient (Wildman–Crippen LogP) is 1.23. The largest absolute Gasteiger partial charge is 0.497 e. The van der Waals surface area contributed by atoms with Crippen molar-refractivity contribution in [1.29, 1.82) is 0 Å². The Bertz CT molecular complexity index is 671. The third kappa shape index (κ3) is 4.08. The van der Waals surface area contributed by atoms with Gasteiger partial charge in [-0.1, -0.05) is 12.1 Å². The number of rotatable bonds is 7. The summed E-state index contributed by atoms with van der Waals surface area (Å²) in [6, 6.07) is 8.13. The summed E-state index contributed by atoms with van der Waals surface area (Å²) in [5.41, 5.74) is 1.15. The van der Waals surface area contributed by atoms with E-state index in [4.69, 9.17) is 9.47 Å². The molecule has 2 aliphatic rings. The van der Waals surface area contributed by atoms with Crippen LogP contribution < -0.4 is 9.46 Å². The van der Waals surface area contributed by atoms with E-state index in [-0.39, 0.29) is 5.60 Å². The van der Waals surface area contributed by atoms with Gasteiger partial charge in [0.1, 0.15) is 5.75 Å². The van der Waals surface area contributed by atoms with Crippen LogP contribution in [0.2, 0.25) is 0 Å². The number of methoxy groups -OCH3 is 1. The lowest BCUT2D eigenvalue weighted by molar-refractivity contribution is -0.136. The molecule has 0 saturated carbocycles. The van der Waals surface area contributed by atoms with Crippen LogP contribution in [0, 0.1) is 5.92 Å². The highest BCUT2D eigenvalue weighted by atomic mass is 32.2. The zero-order chi connectivity index (χ0) is 17.2. The van der Waals surface area contributed by atoms with E-state index in [1.54, 1.807) is 7.11 Å². The molecule has 1 N–H and O–H groups in total. The molecule has 1 spiro atoms. The number of sulfonamides is 1. The van der Waals surface area contributed by atoms with Crippen molar-refractivity contribution in [2.45, 2.75) is 25.0 Å². The maximum Gasteiger partial charge on any atom is 0.208 e. The fourth-order valence-electron chi connectivity index (χ4n) is 3.81. The Morgan fingerprint density at radius 1 is 1.42 bits per heavy atom. The summed E-state index contributed by atoms with van der Waals surface area (Å²) < 4.78 is 36.3. The van der Waals surface area contributed by atoms with Crippen LogP contribution in [0.1, 0.15) is 18.4 Å². The number of benzene rings is 1. The maximum atomic E-state index is 11.2. The summed E-state index contributed by atoms with van der Waals surface area (Å²) in [7, 11) is -1.43. The molecule has 7 heteroatoms. The van der Waals surface area contributed by atoms with Crippen LogP contribution in [0.5, 0.6) is 5.75 Å². The topological polar surface area (TPSA) is 67.9 Å². The van der Waals surface area contributed by atoms with Gasteiger partial charge in [0.15, 0.2) is 0 Å². The third-order valence-corrected chi connectivity index (χ3v) is 5.71. The average molecular weight is 354 g/mol. The number of hydrogen-bond acceptors (Lipinski definition) is 5. The van der Waals surface area contributed by atoms with E-state index in [2.05, 4.69) is 21.8 Å². The van der Waals surface area contributed by atoms with Gasteiger partial charge in [0, 0.05) is 32.8 Å². The van der Waals surface area contributed by atoms with Gasteiger partial charge in [0.25, 0.3) is 0 Å². The first-order valence-electron chi connectivity index (χ1n) is 8.34. The van der Waals surface area contributed by atoms with Gasteiger partial charge in [-0.15, -0.1) is 0 Å². The molecule has 0 aliphatic carbocycles. The summed E-state index contributed by atoms with van der Waals surface area (Å²) in [5.74, 6) is 1.30. The smallest absolute Gasteiger partial charge is 0.208 e. The number of likely N-dealkylation sites (tertiary alicyclic amines) is 1. The molecule has 134 valence electrons. The Kier molecular flexibility index (Phi) is 5.15. The van der Waals surface area contributed by atoms with Gasteiger partial charge in [0.05, 0.1) is 19.0 Å². The zero-order valence-corrected chi connectivity index (χ0v) is 15.1. The van der Waals surface area contributed by atoms with E-state index in [9.17, 15) is 8.42 Å². The summed E-state index contributed by atoms with van der Waals surface area (Å²) in [4.78, 5) is 2.37. The minimum atomic E-state index is -3.11. The Hall–Kier alpha value is -1.15. The van der Waals surface area contributed by atoms with Crippen LogP contribution in [0.4, 0.5) is 0 Å². The first-order valence-corrected chi connectivity index (χ1v) is 10.2. The molecule has 0 bridgehead atoms. The molecule has 2 aliphatic heterocycles. The van der Waals surface area contributed by atoms with Crippen LogP contribution in [0.15, 0.2) is 24.3 Å². The molecule has 0 aromatic heterocycles. The summed E-state index contributed by atoms with van der Waals surface area (Å²) in [6.45, 7) is 3.97. The van der Waals surface area contributed by atoms with Crippen molar-refractivity contribution in [2.75, 3.05) is 39.6 Å². The van der Waals surface area contributed by atoms with Gasteiger partial charge < -0.3 is 9.47 Å². The van der Waals surface area contributed by atoms with Crippen molar-refractivity contribution in [3.8, 4) is 5.75 Å². The van der Waals surface area contributed by atoms with Crippen molar-refractivity contribution < 1.29 is 17.9 Å². The molecular weight excluding hydrogens is 328 g/mol. The van der Waals surface area contributed by atoms with Crippen LogP contribution in [0.25, 0.3) is 0 Å². The van der Waals surface area contributed by atoms with E-state index in [1.165, 1.54) is 11.8 Å². The first-order chi connectivity index (χ1) is 11.4. The van der Waals surface area contributed by atoms with Gasteiger partial charge >= 0.3 is 0 Å². The van der Waals surface area contributed by atoms with E-state index in [0.717, 1.165) is 44.8 Å². The van der Waals surface area contributed by atoms with E-state index >= 15 is 0 Å². The fourth-order valence-corrected chi connectivity index (χ4v) is 4.30. The zero-order valence-electron chi connectivity index (χ0n) is 14.3. The van der Waals surface area contributed by atoms with Crippen molar-refractivity contribution in [1.82, 2.24) is 9.62 Å². The van der Waals surface area contributed by atoms with Gasteiger partial charge in [-0.05, 0) is 36.5 Å². The molecule has 1 unspecified atom stereocenters. The van der Waals surface area contributed by atoms with Gasteiger partial charge in [-0.3, -0.25) is 4.90 Å². The van der Waals surface area contributed by atoms with E-state index in [1.807, 2.05) is 12.1 Å². The Labute approximate surface area is 144 Å². The first kappa shape index (κ1) is 17.7. The molecule has 1 aromatic carbocycles. The predicted molar refractivity (Wildman–Crippen MR) is 92.5 cm³/mol. The molecule has 24 heavy (non-hydrogen) atoms. The van der Waals surface area contributed by atoms with Crippen LogP contribution in [-0.4, -0.2) is 58.5 Å². The second kappa shape index (κ2) is 7.00. The molecule has 2 heterocycles. The highest BCUT2D eigenvalue weighted by Crippen LogP contribution is 2.42. The summed E-state index contributed by atoms with van der Waals surface area (Å²) >= 11 is 0. The minimum absolute atomic E-state index is 0.0853. The molecule has 3 rings (SSSR count). The second-order valence-corrected chi connectivity index (χ2v) is 8.68. The highest BCUT2D eigenvalue weighted by molar-refractivity contribution is 7.88. The molecule has 2 fully saturated rings. The van der Waals surface area contributed by atoms with Gasteiger partial charge in [0.2, 0.25) is 10.0 Å². The minimum Gasteiger partial charge on any atom is -0.497 e. The van der Waals surface area contributed by atoms with E-state index < -0.39 is 10.0 Å². The maximum absolute atomic E-state index is 11.2. The standard InChI is InChI=1S/C17H26N2O4S/c1-22-16-5-3-4-14(10-16)11-19-12-17(13-19)15(7-9-23-17)6-8-18-24(2,20)21/h3-5,10,15,18H,6-9,11-13H2,1-2H3. The molecule has 0 amide bonds. The van der Waals surface area contributed by atoms with Crippen LogP contribution >= 0.6 is 0 Å². The number of hydrogen-bond donors (Lipinski definition) is 1. The SMILES string of the molecule is COc1cccc(CN2CC3(C2)OCCC3CCNS(C)(=O)=O)c1. The monoisotopic (exact) mass is 354 g/mol. The van der Waals surface area contributed by atoms with Gasteiger partial charge in [-0.2, -0.15) is 0 Å². The molecule has 1 atom stereocenters. The number of ether oxygens (including phenoxy) is 2. The Morgan fingerprint density at radius 3 is 2.92 bits per heavy atom. The van der Waals surface area contributed by atoms with Crippen molar-refractivity contribution >= 4 is 10.0 Å². The molecular formula is C17H26N2O4S. The Balaban J connectivity index is 1.51. The molecule has 1 aromatic rings. The quantitative estimate of drug-likeness (QED) is 0.798. The number of nitrogens with one attached hydrogen (secondary N) is 1. The molecule has 2 saturated heterocycles. The molecule has 6 nitrogen and oxygen atoms in total. The van der Waals surface area contributed by atoms with Crippen LogP contribution in [0.3, 0.4) is 0 Å². The van der Waals surface area contributed by atoms with Crippen molar-refractivity contribution in [2.24, 2.45) is 5.92 Å². The highest BCUT2D eigenvalue weighted by Gasteiger charge is 2.52. The lowest BCUT2D eigenvalue weighted by Gasteiger charge is -2.50. The lowest BCUT2D eigenvalue weighted by atomic mass is 9.79. The van der Waals surface area contributed by atoms with Crippen molar-refractivity contribution in [3.05, 3.63) is 29.8 Å². The number of nitrogens with zero attached hydrogens (tertiary/aromatic N) is 1. The second-order valence-electron chi connectivity index (χ2n) is 6.85. The van der Waals surface area contributed by atoms with Crippen LogP contribution in [-0.2, 0) is 21.3 Å². The normalized spacial score (nSPS) is 23.3. The third-order valence-electron chi connectivity index (χ3n) is 4.98. The lowest BCUT2D eigenvalue weighted by Crippen LogP contribution is -2.64. The van der Waals surface area contributed by atoms with E-state index in [0.29, 0.717) is 12.5 Å². The fraction of sp³-hybridized carbons (Fsp3) is 0.647. The van der Waals surface area contributed by atoms with Gasteiger partial charge in [-0.25, -0.2) is 13.1 Å².